The lowest BCUT2D eigenvalue weighted by Gasteiger charge is -2.05. The molecule has 0 bridgehead atoms. The van der Waals surface area contributed by atoms with Gasteiger partial charge in [-0.1, -0.05) is 12.1 Å². The summed E-state index contributed by atoms with van der Waals surface area (Å²) in [5.41, 5.74) is 0.758. The van der Waals surface area contributed by atoms with Gasteiger partial charge in [0, 0.05) is 3.57 Å². The molecule has 1 aromatic heterocycles. The van der Waals surface area contributed by atoms with Crippen molar-refractivity contribution in [2.24, 2.45) is 0 Å². The largest absolute Gasteiger partial charge is 0.496 e. The van der Waals surface area contributed by atoms with Crippen LogP contribution >= 0.6 is 22.6 Å². The first-order valence-electron chi connectivity index (χ1n) is 7.39. The molecule has 3 aromatic rings. The van der Waals surface area contributed by atoms with Crippen LogP contribution in [-0.2, 0) is 4.79 Å². The number of rotatable bonds is 6. The number of H-pyrrole nitrogens is 1. The summed E-state index contributed by atoms with van der Waals surface area (Å²) in [6.07, 6.45) is 0. The molecular weight excluding hydrogens is 435 g/mol. The van der Waals surface area contributed by atoms with Gasteiger partial charge in [0.05, 0.1) is 12.7 Å². The highest BCUT2D eigenvalue weighted by Crippen LogP contribution is 2.27. The van der Waals surface area contributed by atoms with Gasteiger partial charge in [0.2, 0.25) is 5.95 Å². The number of hydrogen-bond donors (Lipinski definition) is 2. The highest BCUT2D eigenvalue weighted by Gasteiger charge is 2.12. The second-order valence-corrected chi connectivity index (χ2v) is 6.24. The Morgan fingerprint density at radius 2 is 1.96 bits per heavy atom. The molecule has 2 aromatic carbocycles. The molecule has 128 valence electrons. The number of carbonyl (C=O) groups excluding carboxylic acids is 1. The van der Waals surface area contributed by atoms with E-state index >= 15 is 0 Å². The van der Waals surface area contributed by atoms with Gasteiger partial charge in [0.25, 0.3) is 5.91 Å². The van der Waals surface area contributed by atoms with Crippen molar-refractivity contribution < 1.29 is 14.3 Å². The van der Waals surface area contributed by atoms with E-state index in [9.17, 15) is 4.79 Å². The number of aromatic nitrogens is 3. The lowest BCUT2D eigenvalue weighted by molar-refractivity contribution is -0.118. The number of para-hydroxylation sites is 1. The van der Waals surface area contributed by atoms with Crippen LogP contribution in [-0.4, -0.2) is 34.8 Å². The maximum absolute atomic E-state index is 12.0. The van der Waals surface area contributed by atoms with Gasteiger partial charge < -0.3 is 9.47 Å². The quantitative estimate of drug-likeness (QED) is 0.564. The number of carbonyl (C=O) groups is 1. The Morgan fingerprint density at radius 1 is 1.20 bits per heavy atom. The zero-order chi connectivity index (χ0) is 17.6. The van der Waals surface area contributed by atoms with Gasteiger partial charge in [0.1, 0.15) is 11.5 Å². The molecule has 0 radical (unpaired) electrons. The van der Waals surface area contributed by atoms with E-state index in [0.717, 1.165) is 9.13 Å². The van der Waals surface area contributed by atoms with Gasteiger partial charge in [-0.2, -0.15) is 4.98 Å². The standard InChI is InChI=1S/C17H15IN4O3/c1-24-14-5-3-2-4-13(14)16-20-17(22-21-16)19-15(23)10-25-12-8-6-11(18)7-9-12/h2-9H,10H2,1H3,(H2,19,20,21,22,23). The molecule has 0 aliphatic rings. The maximum Gasteiger partial charge on any atom is 0.264 e. The fraction of sp³-hybridized carbons (Fsp3) is 0.118. The predicted octanol–water partition coefficient (Wildman–Crippen LogP) is 3.10. The van der Waals surface area contributed by atoms with E-state index in [1.165, 1.54) is 0 Å². The first-order valence-corrected chi connectivity index (χ1v) is 8.47. The number of nitrogens with one attached hydrogen (secondary N) is 2. The Kier molecular flexibility index (Phi) is 5.49. The van der Waals surface area contributed by atoms with Crippen LogP contribution in [0, 0.1) is 3.57 Å². The summed E-state index contributed by atoms with van der Waals surface area (Å²) in [5.74, 6) is 1.63. The van der Waals surface area contributed by atoms with Crippen molar-refractivity contribution >= 4 is 34.4 Å². The molecular formula is C17H15IN4O3. The first-order chi connectivity index (χ1) is 12.2. The van der Waals surface area contributed by atoms with Gasteiger partial charge in [-0.05, 0) is 59.0 Å². The molecule has 0 fully saturated rings. The average Bonchev–Trinajstić information content (AvgIpc) is 3.09. The summed E-state index contributed by atoms with van der Waals surface area (Å²) < 4.78 is 11.8. The van der Waals surface area contributed by atoms with E-state index in [1.807, 2.05) is 48.5 Å². The molecule has 25 heavy (non-hydrogen) atoms. The van der Waals surface area contributed by atoms with E-state index in [-0.39, 0.29) is 18.5 Å². The molecule has 7 nitrogen and oxygen atoms in total. The second kappa shape index (κ2) is 7.97. The topological polar surface area (TPSA) is 89.1 Å². The van der Waals surface area contributed by atoms with Crippen LogP contribution in [0.25, 0.3) is 11.4 Å². The van der Waals surface area contributed by atoms with Crippen LogP contribution in [0.3, 0.4) is 0 Å². The van der Waals surface area contributed by atoms with E-state index in [2.05, 4.69) is 43.1 Å². The molecule has 1 heterocycles. The summed E-state index contributed by atoms with van der Waals surface area (Å²) in [5, 5.41) is 9.37. The second-order valence-electron chi connectivity index (χ2n) is 5.00. The van der Waals surface area contributed by atoms with E-state index in [0.29, 0.717) is 17.3 Å². The number of benzene rings is 2. The minimum Gasteiger partial charge on any atom is -0.496 e. The normalized spacial score (nSPS) is 10.3. The summed E-state index contributed by atoms with van der Waals surface area (Å²) in [4.78, 5) is 16.2. The van der Waals surface area contributed by atoms with Crippen LogP contribution in [0.4, 0.5) is 5.95 Å². The number of halogens is 1. The van der Waals surface area contributed by atoms with Gasteiger partial charge in [-0.3, -0.25) is 15.2 Å². The zero-order valence-corrected chi connectivity index (χ0v) is 15.5. The minimum atomic E-state index is -0.343. The van der Waals surface area contributed by atoms with Crippen LogP contribution in [0.1, 0.15) is 0 Å². The number of anilines is 1. The monoisotopic (exact) mass is 450 g/mol. The SMILES string of the molecule is COc1ccccc1-c1nc(NC(=O)COc2ccc(I)cc2)n[nH]1. The van der Waals surface area contributed by atoms with Crippen molar-refractivity contribution in [3.63, 3.8) is 0 Å². The summed E-state index contributed by atoms with van der Waals surface area (Å²) in [6, 6.07) is 14.8. The molecule has 0 spiro atoms. The molecule has 0 aliphatic heterocycles. The van der Waals surface area contributed by atoms with E-state index in [1.54, 1.807) is 7.11 Å². The van der Waals surface area contributed by atoms with Crippen molar-refractivity contribution in [1.82, 2.24) is 15.2 Å². The Hall–Kier alpha value is -2.62. The number of nitrogens with zero attached hydrogens (tertiary/aromatic N) is 2. The van der Waals surface area contributed by atoms with Crippen molar-refractivity contribution in [2.75, 3.05) is 19.0 Å². The first kappa shape index (κ1) is 17.2. The lowest BCUT2D eigenvalue weighted by atomic mass is 10.2. The van der Waals surface area contributed by atoms with Gasteiger partial charge in [0.15, 0.2) is 12.4 Å². The average molecular weight is 450 g/mol. The minimum absolute atomic E-state index is 0.126. The van der Waals surface area contributed by atoms with E-state index in [4.69, 9.17) is 9.47 Å². The third-order valence-corrected chi connectivity index (χ3v) is 4.00. The summed E-state index contributed by atoms with van der Waals surface area (Å²) >= 11 is 2.20. The molecule has 8 heteroatoms. The number of hydrogen-bond acceptors (Lipinski definition) is 5. The Morgan fingerprint density at radius 3 is 2.72 bits per heavy atom. The molecule has 0 aliphatic carbocycles. The number of aromatic amines is 1. The highest BCUT2D eigenvalue weighted by molar-refractivity contribution is 14.1. The lowest BCUT2D eigenvalue weighted by Crippen LogP contribution is -2.20. The van der Waals surface area contributed by atoms with Crippen LogP contribution in [0.2, 0.25) is 0 Å². The summed E-state index contributed by atoms with van der Waals surface area (Å²) in [7, 11) is 1.58. The fourth-order valence-electron chi connectivity index (χ4n) is 2.12. The van der Waals surface area contributed by atoms with Crippen LogP contribution < -0.4 is 14.8 Å². The van der Waals surface area contributed by atoms with E-state index < -0.39 is 0 Å². The molecule has 3 rings (SSSR count). The smallest absolute Gasteiger partial charge is 0.264 e. The Bertz CT molecular complexity index is 864. The number of methoxy groups -OCH3 is 1. The van der Waals surface area contributed by atoms with Crippen molar-refractivity contribution in [1.29, 1.82) is 0 Å². The third kappa shape index (κ3) is 4.47. The van der Waals surface area contributed by atoms with Gasteiger partial charge in [-0.25, -0.2) is 0 Å². The van der Waals surface area contributed by atoms with Crippen LogP contribution in [0.15, 0.2) is 48.5 Å². The highest BCUT2D eigenvalue weighted by atomic mass is 127. The Labute approximate surface area is 157 Å². The Balaban J connectivity index is 1.61. The maximum atomic E-state index is 12.0. The molecule has 0 saturated carbocycles. The summed E-state index contributed by atoms with van der Waals surface area (Å²) in [6.45, 7) is -0.126. The number of amides is 1. The van der Waals surface area contributed by atoms with Crippen molar-refractivity contribution in [3.8, 4) is 22.9 Å². The molecule has 0 atom stereocenters. The zero-order valence-electron chi connectivity index (χ0n) is 13.3. The molecule has 2 N–H and O–H groups in total. The predicted molar refractivity (Wildman–Crippen MR) is 102 cm³/mol. The fourth-order valence-corrected chi connectivity index (χ4v) is 2.48. The molecule has 0 saturated heterocycles. The molecule has 1 amide bonds. The van der Waals surface area contributed by atoms with Gasteiger partial charge >= 0.3 is 0 Å². The van der Waals surface area contributed by atoms with Crippen molar-refractivity contribution in [3.05, 3.63) is 52.1 Å². The van der Waals surface area contributed by atoms with Gasteiger partial charge in [-0.15, -0.1) is 5.10 Å². The molecule has 0 unspecified atom stereocenters. The van der Waals surface area contributed by atoms with Crippen molar-refractivity contribution in [2.45, 2.75) is 0 Å². The third-order valence-electron chi connectivity index (χ3n) is 3.28. The number of ether oxygens (including phenoxy) is 2. The van der Waals surface area contributed by atoms with Crippen LogP contribution in [0.5, 0.6) is 11.5 Å².